The van der Waals surface area contributed by atoms with Gasteiger partial charge in [-0.05, 0) is 6.42 Å². The number of aliphatic hydroxyl groups is 1. The highest BCUT2D eigenvalue weighted by molar-refractivity contribution is 5.72. The molecule has 0 aromatic heterocycles. The van der Waals surface area contributed by atoms with Crippen LogP contribution in [0.1, 0.15) is 31.4 Å². The van der Waals surface area contributed by atoms with Crippen LogP contribution in [0.25, 0.3) is 0 Å². The fourth-order valence-corrected chi connectivity index (χ4v) is 2.25. The van der Waals surface area contributed by atoms with Crippen molar-refractivity contribution in [3.8, 4) is 17.2 Å². The van der Waals surface area contributed by atoms with Crippen LogP contribution in [-0.4, -0.2) is 37.5 Å². The molecule has 6 nitrogen and oxygen atoms in total. The number of carboxylic acid groups (broad SMARTS) is 1. The molecule has 0 saturated heterocycles. The Bertz CT molecular complexity index is 460. The summed E-state index contributed by atoms with van der Waals surface area (Å²) in [6.07, 6.45) is -0.220. The number of carboxylic acids is 1. The molecule has 1 rings (SSSR count). The number of hydrogen-bond acceptors (Lipinski definition) is 5. The highest BCUT2D eigenvalue weighted by Crippen LogP contribution is 2.41. The average Bonchev–Trinajstić information content (AvgIpc) is 2.49. The van der Waals surface area contributed by atoms with Crippen LogP contribution < -0.4 is 14.2 Å². The molecule has 1 aromatic rings. The van der Waals surface area contributed by atoms with E-state index in [2.05, 4.69) is 0 Å². The van der Waals surface area contributed by atoms with Crippen molar-refractivity contribution < 1.29 is 29.2 Å². The molecule has 0 aliphatic carbocycles. The summed E-state index contributed by atoms with van der Waals surface area (Å²) in [5.74, 6) is -0.806. The normalized spacial score (nSPS) is 13.4. The van der Waals surface area contributed by atoms with Gasteiger partial charge in [-0.1, -0.05) is 13.3 Å². The Kier molecular flexibility index (Phi) is 6.30. The molecule has 2 atom stereocenters. The van der Waals surface area contributed by atoms with Gasteiger partial charge in [0.05, 0.1) is 38.9 Å². The van der Waals surface area contributed by atoms with Gasteiger partial charge in [0, 0.05) is 12.1 Å². The zero-order valence-electron chi connectivity index (χ0n) is 12.8. The Hall–Kier alpha value is -1.95. The Balaban J connectivity index is 3.34. The Labute approximate surface area is 124 Å². The second kappa shape index (κ2) is 7.73. The van der Waals surface area contributed by atoms with Gasteiger partial charge in [0.25, 0.3) is 0 Å². The summed E-state index contributed by atoms with van der Waals surface area (Å²) < 4.78 is 15.6. The molecule has 118 valence electrons. The third-order valence-corrected chi connectivity index (χ3v) is 3.35. The molecule has 21 heavy (non-hydrogen) atoms. The van der Waals surface area contributed by atoms with Crippen molar-refractivity contribution in [2.45, 2.75) is 25.9 Å². The van der Waals surface area contributed by atoms with Crippen molar-refractivity contribution >= 4 is 5.97 Å². The van der Waals surface area contributed by atoms with Crippen LogP contribution in [0.2, 0.25) is 0 Å². The Morgan fingerprint density at radius 3 is 2.00 bits per heavy atom. The van der Waals surface area contributed by atoms with E-state index in [-0.39, 0.29) is 0 Å². The van der Waals surface area contributed by atoms with Gasteiger partial charge in [0.1, 0.15) is 17.2 Å². The molecule has 0 saturated carbocycles. The van der Waals surface area contributed by atoms with Gasteiger partial charge in [-0.2, -0.15) is 0 Å². The number of aliphatic hydroxyl groups excluding tert-OH is 1. The van der Waals surface area contributed by atoms with E-state index in [4.69, 9.17) is 14.2 Å². The van der Waals surface area contributed by atoms with E-state index >= 15 is 0 Å². The number of carbonyl (C=O) groups is 1. The van der Waals surface area contributed by atoms with Gasteiger partial charge in [0.15, 0.2) is 0 Å². The second-order valence-electron chi connectivity index (χ2n) is 4.62. The first-order valence-electron chi connectivity index (χ1n) is 6.70. The molecule has 1 aromatic carbocycles. The first kappa shape index (κ1) is 17.1. The standard InChI is InChI=1S/C15H22O6/c1-5-6-10(15(17)18)14(16)13-11(20-3)7-9(19-2)8-12(13)21-4/h7-8,10,14,16H,5-6H2,1-4H3,(H,17,18). The number of methoxy groups -OCH3 is 3. The number of rotatable bonds is 8. The highest BCUT2D eigenvalue weighted by atomic mass is 16.5. The van der Waals surface area contributed by atoms with E-state index in [9.17, 15) is 15.0 Å². The summed E-state index contributed by atoms with van der Waals surface area (Å²) in [6.45, 7) is 1.87. The zero-order valence-corrected chi connectivity index (χ0v) is 12.8. The van der Waals surface area contributed by atoms with E-state index in [0.29, 0.717) is 35.7 Å². The van der Waals surface area contributed by atoms with E-state index in [1.54, 1.807) is 12.1 Å². The van der Waals surface area contributed by atoms with Gasteiger partial charge >= 0.3 is 5.97 Å². The van der Waals surface area contributed by atoms with E-state index in [1.807, 2.05) is 6.92 Å². The second-order valence-corrected chi connectivity index (χ2v) is 4.62. The van der Waals surface area contributed by atoms with Crippen molar-refractivity contribution in [2.75, 3.05) is 21.3 Å². The number of benzene rings is 1. The molecule has 0 fully saturated rings. The van der Waals surface area contributed by atoms with Crippen LogP contribution >= 0.6 is 0 Å². The van der Waals surface area contributed by atoms with Crippen LogP contribution in [0.15, 0.2) is 12.1 Å². The Morgan fingerprint density at radius 2 is 1.67 bits per heavy atom. The molecule has 2 N–H and O–H groups in total. The lowest BCUT2D eigenvalue weighted by Gasteiger charge is -2.23. The summed E-state index contributed by atoms with van der Waals surface area (Å²) in [5, 5.41) is 19.8. The Morgan fingerprint density at radius 1 is 1.14 bits per heavy atom. The molecule has 0 aliphatic rings. The lowest BCUT2D eigenvalue weighted by Crippen LogP contribution is -2.22. The van der Waals surface area contributed by atoms with Crippen LogP contribution in [-0.2, 0) is 4.79 Å². The minimum absolute atomic E-state index is 0.321. The van der Waals surface area contributed by atoms with Crippen molar-refractivity contribution in [3.05, 3.63) is 17.7 Å². The van der Waals surface area contributed by atoms with Gasteiger partial charge < -0.3 is 24.4 Å². The molecule has 0 aliphatic heterocycles. The topological polar surface area (TPSA) is 85.2 Å². The third-order valence-electron chi connectivity index (χ3n) is 3.35. The lowest BCUT2D eigenvalue weighted by molar-refractivity contribution is -0.146. The number of ether oxygens (including phenoxy) is 3. The summed E-state index contributed by atoms with van der Waals surface area (Å²) in [5.41, 5.74) is 0.321. The van der Waals surface area contributed by atoms with Crippen LogP contribution in [0.5, 0.6) is 17.2 Å². The van der Waals surface area contributed by atoms with E-state index in [0.717, 1.165) is 0 Å². The molecule has 0 amide bonds. The smallest absolute Gasteiger partial charge is 0.309 e. The zero-order chi connectivity index (χ0) is 16.0. The number of hydrogen-bond donors (Lipinski definition) is 2. The molecule has 0 radical (unpaired) electrons. The first-order chi connectivity index (χ1) is 9.99. The maximum absolute atomic E-state index is 11.4. The average molecular weight is 298 g/mol. The van der Waals surface area contributed by atoms with Crippen LogP contribution in [0, 0.1) is 5.92 Å². The quantitative estimate of drug-likeness (QED) is 0.765. The van der Waals surface area contributed by atoms with Gasteiger partial charge in [-0.15, -0.1) is 0 Å². The summed E-state index contributed by atoms with van der Waals surface area (Å²) in [6, 6.07) is 3.18. The van der Waals surface area contributed by atoms with Crippen molar-refractivity contribution in [1.29, 1.82) is 0 Å². The van der Waals surface area contributed by atoms with Crippen LogP contribution in [0.3, 0.4) is 0 Å². The molecule has 0 spiro atoms. The molecular formula is C15H22O6. The molecular weight excluding hydrogens is 276 g/mol. The predicted molar refractivity (Wildman–Crippen MR) is 77.1 cm³/mol. The number of aliphatic carboxylic acids is 1. The summed E-state index contributed by atoms with van der Waals surface area (Å²) in [7, 11) is 4.39. The fraction of sp³-hybridized carbons (Fsp3) is 0.533. The minimum atomic E-state index is -1.22. The van der Waals surface area contributed by atoms with Gasteiger partial charge in [-0.25, -0.2) is 0 Å². The largest absolute Gasteiger partial charge is 0.496 e. The van der Waals surface area contributed by atoms with Crippen molar-refractivity contribution in [3.63, 3.8) is 0 Å². The van der Waals surface area contributed by atoms with Gasteiger partial charge in [-0.3, -0.25) is 4.79 Å². The summed E-state index contributed by atoms with van der Waals surface area (Å²) in [4.78, 5) is 11.4. The monoisotopic (exact) mass is 298 g/mol. The molecule has 6 heteroatoms. The van der Waals surface area contributed by atoms with Gasteiger partial charge in [0.2, 0.25) is 0 Å². The van der Waals surface area contributed by atoms with Crippen molar-refractivity contribution in [2.24, 2.45) is 5.92 Å². The maximum Gasteiger partial charge on any atom is 0.309 e. The molecule has 0 heterocycles. The molecule has 2 unspecified atom stereocenters. The van der Waals surface area contributed by atoms with E-state index in [1.165, 1.54) is 21.3 Å². The van der Waals surface area contributed by atoms with Crippen LogP contribution in [0.4, 0.5) is 0 Å². The van der Waals surface area contributed by atoms with E-state index < -0.39 is 18.0 Å². The first-order valence-corrected chi connectivity index (χ1v) is 6.70. The molecule has 0 bridgehead atoms. The fourth-order valence-electron chi connectivity index (χ4n) is 2.25. The third kappa shape index (κ3) is 3.78. The predicted octanol–water partition coefficient (Wildman–Crippen LogP) is 2.25. The maximum atomic E-state index is 11.4. The minimum Gasteiger partial charge on any atom is -0.496 e. The lowest BCUT2D eigenvalue weighted by atomic mass is 9.90. The van der Waals surface area contributed by atoms with Crippen molar-refractivity contribution in [1.82, 2.24) is 0 Å². The SMILES string of the molecule is CCCC(C(=O)O)C(O)c1c(OC)cc(OC)cc1OC. The summed E-state index contributed by atoms with van der Waals surface area (Å²) >= 11 is 0. The highest BCUT2D eigenvalue weighted by Gasteiger charge is 2.32.